The molecule has 3 nitrogen and oxygen atoms in total. The molecule has 2 N–H and O–H groups in total. The van der Waals surface area contributed by atoms with Gasteiger partial charge in [-0.25, -0.2) is 0 Å². The normalized spacial score (nSPS) is 10.4. The summed E-state index contributed by atoms with van der Waals surface area (Å²) in [6, 6.07) is 13.1. The fraction of sp³-hybridized carbons (Fsp3) is 0.188. The number of hydrogen-bond acceptors (Lipinski definition) is 3. The van der Waals surface area contributed by atoms with Crippen molar-refractivity contribution in [3.8, 4) is 0 Å². The van der Waals surface area contributed by atoms with Gasteiger partial charge >= 0.3 is 0 Å². The SMILES string of the molecule is CSc1ccc(CN(C)C(=O)c2cc(Cl)ccc2N)cc1. The Morgan fingerprint density at radius 2 is 1.90 bits per heavy atom. The van der Waals surface area contributed by atoms with Crippen molar-refractivity contribution in [1.82, 2.24) is 4.90 Å². The van der Waals surface area contributed by atoms with Gasteiger partial charge in [0.2, 0.25) is 0 Å². The Labute approximate surface area is 134 Å². The van der Waals surface area contributed by atoms with Gasteiger partial charge in [0, 0.05) is 29.2 Å². The minimum atomic E-state index is -0.135. The van der Waals surface area contributed by atoms with Crippen molar-refractivity contribution in [2.45, 2.75) is 11.4 Å². The first-order valence-electron chi connectivity index (χ1n) is 6.44. The molecule has 0 fully saturated rings. The summed E-state index contributed by atoms with van der Waals surface area (Å²) in [5.41, 5.74) is 7.80. The van der Waals surface area contributed by atoms with E-state index >= 15 is 0 Å². The second-order valence-electron chi connectivity index (χ2n) is 4.74. The molecule has 0 aliphatic rings. The summed E-state index contributed by atoms with van der Waals surface area (Å²) in [5, 5.41) is 0.505. The smallest absolute Gasteiger partial charge is 0.256 e. The minimum absolute atomic E-state index is 0.135. The molecule has 2 aromatic carbocycles. The number of nitrogen functional groups attached to an aromatic ring is 1. The van der Waals surface area contributed by atoms with Crippen LogP contribution in [0.5, 0.6) is 0 Å². The van der Waals surface area contributed by atoms with Gasteiger partial charge in [0.05, 0.1) is 5.56 Å². The number of anilines is 1. The molecule has 5 heteroatoms. The standard InChI is InChI=1S/C16H17ClN2OS/c1-19(10-11-3-6-13(21-2)7-4-11)16(20)14-9-12(17)5-8-15(14)18/h3-9H,10,18H2,1-2H3. The predicted molar refractivity (Wildman–Crippen MR) is 89.9 cm³/mol. The summed E-state index contributed by atoms with van der Waals surface area (Å²) >= 11 is 7.62. The molecule has 0 saturated heterocycles. The number of benzene rings is 2. The number of carbonyl (C=O) groups is 1. The highest BCUT2D eigenvalue weighted by atomic mass is 35.5. The van der Waals surface area contributed by atoms with Gasteiger partial charge in [0.25, 0.3) is 5.91 Å². The topological polar surface area (TPSA) is 46.3 Å². The second kappa shape index (κ2) is 6.87. The molecule has 1 amide bonds. The molecule has 0 aliphatic carbocycles. The molecule has 2 aromatic rings. The van der Waals surface area contributed by atoms with Crippen molar-refractivity contribution in [3.63, 3.8) is 0 Å². The summed E-state index contributed by atoms with van der Waals surface area (Å²) in [7, 11) is 1.76. The zero-order valence-corrected chi connectivity index (χ0v) is 13.5. The molecule has 0 radical (unpaired) electrons. The van der Waals surface area contributed by atoms with Crippen molar-refractivity contribution in [2.75, 3.05) is 19.0 Å². The highest BCUT2D eigenvalue weighted by Crippen LogP contribution is 2.20. The van der Waals surface area contributed by atoms with Crippen LogP contribution in [0, 0.1) is 0 Å². The first kappa shape index (κ1) is 15.7. The average Bonchev–Trinajstić information content (AvgIpc) is 2.49. The van der Waals surface area contributed by atoms with E-state index in [9.17, 15) is 4.79 Å². The maximum atomic E-state index is 12.4. The van der Waals surface area contributed by atoms with Gasteiger partial charge in [0.15, 0.2) is 0 Å². The van der Waals surface area contributed by atoms with Gasteiger partial charge in [-0.2, -0.15) is 0 Å². The molecule has 0 heterocycles. The number of thioether (sulfide) groups is 1. The van der Waals surface area contributed by atoms with Crippen molar-refractivity contribution < 1.29 is 4.79 Å². The van der Waals surface area contributed by atoms with E-state index in [4.69, 9.17) is 17.3 Å². The van der Waals surface area contributed by atoms with Crippen LogP contribution in [0.2, 0.25) is 5.02 Å². The third-order valence-electron chi connectivity index (χ3n) is 3.17. The maximum absolute atomic E-state index is 12.4. The van der Waals surface area contributed by atoms with Crippen molar-refractivity contribution in [1.29, 1.82) is 0 Å². The molecular formula is C16H17ClN2OS. The number of carbonyl (C=O) groups excluding carboxylic acids is 1. The summed E-state index contributed by atoms with van der Waals surface area (Å²) < 4.78 is 0. The number of nitrogens with two attached hydrogens (primary N) is 1. The molecule has 0 unspecified atom stereocenters. The number of hydrogen-bond donors (Lipinski definition) is 1. The Kier molecular flexibility index (Phi) is 5.15. The van der Waals surface area contributed by atoms with Crippen LogP contribution in [0.3, 0.4) is 0 Å². The average molecular weight is 321 g/mol. The highest BCUT2D eigenvalue weighted by molar-refractivity contribution is 7.98. The van der Waals surface area contributed by atoms with Crippen LogP contribution in [0.4, 0.5) is 5.69 Å². The molecule has 0 bridgehead atoms. The minimum Gasteiger partial charge on any atom is -0.398 e. The van der Waals surface area contributed by atoms with Crippen molar-refractivity contribution in [3.05, 3.63) is 58.6 Å². The Bertz CT molecular complexity index is 643. The molecule has 21 heavy (non-hydrogen) atoms. The van der Waals surface area contributed by atoms with Crippen LogP contribution in [-0.4, -0.2) is 24.1 Å². The van der Waals surface area contributed by atoms with E-state index in [1.165, 1.54) is 4.90 Å². The van der Waals surface area contributed by atoms with Crippen molar-refractivity contribution >= 4 is 35.0 Å². The van der Waals surface area contributed by atoms with Crippen LogP contribution in [0.25, 0.3) is 0 Å². The fourth-order valence-electron chi connectivity index (χ4n) is 2.00. The quantitative estimate of drug-likeness (QED) is 0.686. The van der Waals surface area contributed by atoms with Gasteiger partial charge < -0.3 is 10.6 Å². The van der Waals surface area contributed by atoms with Crippen LogP contribution in [0.1, 0.15) is 15.9 Å². The first-order chi connectivity index (χ1) is 10.0. The molecular weight excluding hydrogens is 304 g/mol. The lowest BCUT2D eigenvalue weighted by atomic mass is 10.1. The largest absolute Gasteiger partial charge is 0.398 e. The maximum Gasteiger partial charge on any atom is 0.256 e. The third kappa shape index (κ3) is 3.93. The summed E-state index contributed by atoms with van der Waals surface area (Å²) in [6.07, 6.45) is 2.03. The molecule has 2 rings (SSSR count). The highest BCUT2D eigenvalue weighted by Gasteiger charge is 2.15. The van der Waals surface area contributed by atoms with E-state index in [1.54, 1.807) is 41.9 Å². The summed E-state index contributed by atoms with van der Waals surface area (Å²) in [6.45, 7) is 0.527. The van der Waals surface area contributed by atoms with Gasteiger partial charge in [-0.3, -0.25) is 4.79 Å². The lowest BCUT2D eigenvalue weighted by Crippen LogP contribution is -2.27. The zero-order chi connectivity index (χ0) is 15.4. The van der Waals surface area contributed by atoms with E-state index in [2.05, 4.69) is 0 Å². The zero-order valence-electron chi connectivity index (χ0n) is 12.0. The number of rotatable bonds is 4. The van der Waals surface area contributed by atoms with Crippen LogP contribution < -0.4 is 5.73 Å². The Morgan fingerprint density at radius 3 is 2.52 bits per heavy atom. The van der Waals surface area contributed by atoms with Crippen LogP contribution in [-0.2, 0) is 6.54 Å². The summed E-state index contributed by atoms with van der Waals surface area (Å²) in [4.78, 5) is 15.3. The predicted octanol–water partition coefficient (Wildman–Crippen LogP) is 3.92. The van der Waals surface area contributed by atoms with E-state index in [-0.39, 0.29) is 5.91 Å². The number of halogens is 1. The van der Waals surface area contributed by atoms with E-state index in [1.807, 2.05) is 30.5 Å². The molecule has 0 saturated carbocycles. The third-order valence-corrected chi connectivity index (χ3v) is 4.15. The molecule has 110 valence electrons. The van der Waals surface area contributed by atoms with E-state index in [0.29, 0.717) is 22.8 Å². The van der Waals surface area contributed by atoms with Crippen LogP contribution in [0.15, 0.2) is 47.4 Å². The Balaban J connectivity index is 2.13. The van der Waals surface area contributed by atoms with E-state index in [0.717, 1.165) is 5.56 Å². The summed E-state index contributed by atoms with van der Waals surface area (Å²) in [5.74, 6) is -0.135. The van der Waals surface area contributed by atoms with Crippen molar-refractivity contribution in [2.24, 2.45) is 0 Å². The molecule has 0 atom stereocenters. The molecule has 0 aromatic heterocycles. The number of amides is 1. The van der Waals surface area contributed by atoms with Gasteiger partial charge in [-0.05, 0) is 42.2 Å². The van der Waals surface area contributed by atoms with E-state index < -0.39 is 0 Å². The lowest BCUT2D eigenvalue weighted by molar-refractivity contribution is 0.0786. The first-order valence-corrected chi connectivity index (χ1v) is 8.05. The van der Waals surface area contributed by atoms with Crippen LogP contribution >= 0.6 is 23.4 Å². The van der Waals surface area contributed by atoms with Gasteiger partial charge in [-0.15, -0.1) is 11.8 Å². The lowest BCUT2D eigenvalue weighted by Gasteiger charge is -2.18. The second-order valence-corrected chi connectivity index (χ2v) is 6.06. The fourth-order valence-corrected chi connectivity index (χ4v) is 2.58. The molecule has 0 spiro atoms. The Morgan fingerprint density at radius 1 is 1.24 bits per heavy atom. The monoisotopic (exact) mass is 320 g/mol. The Hall–Kier alpha value is -1.65. The van der Waals surface area contributed by atoms with Gasteiger partial charge in [-0.1, -0.05) is 23.7 Å². The molecule has 0 aliphatic heterocycles. The number of nitrogens with zero attached hydrogens (tertiary/aromatic N) is 1. The van der Waals surface area contributed by atoms with Gasteiger partial charge in [0.1, 0.15) is 0 Å².